The smallest absolute Gasteiger partial charge is 0.319 e. The van der Waals surface area contributed by atoms with E-state index in [0.29, 0.717) is 26.7 Å². The number of hydrogen-bond acceptors (Lipinski definition) is 5. The van der Waals surface area contributed by atoms with E-state index in [1.165, 1.54) is 24.3 Å². The SMILES string of the molecule is Cc1cc2c(cc(C(=O)NC(CO)c3ccc(S(=O)(=O)CC(=O)O)cc3)n2C)c(Cl)c1Cl. The second kappa shape index (κ2) is 9.11. The average molecular weight is 499 g/mol. The van der Waals surface area contributed by atoms with Gasteiger partial charge in [-0.1, -0.05) is 35.3 Å². The third-order valence-corrected chi connectivity index (χ3v) is 7.68. The van der Waals surface area contributed by atoms with Crippen LogP contribution in [0.25, 0.3) is 10.9 Å². The van der Waals surface area contributed by atoms with Crippen LogP contribution in [-0.2, 0) is 21.7 Å². The fourth-order valence-corrected chi connectivity index (χ4v) is 4.87. The van der Waals surface area contributed by atoms with Crippen molar-refractivity contribution in [2.45, 2.75) is 17.9 Å². The molecule has 1 unspecified atom stereocenters. The molecule has 11 heteroatoms. The summed E-state index contributed by atoms with van der Waals surface area (Å²) in [6, 6.07) is 7.91. The number of aliphatic carboxylic acids is 1. The van der Waals surface area contributed by atoms with E-state index in [1.807, 2.05) is 13.0 Å². The Labute approximate surface area is 194 Å². The first-order valence-corrected chi connectivity index (χ1v) is 11.8. The van der Waals surface area contributed by atoms with E-state index in [2.05, 4.69) is 5.32 Å². The van der Waals surface area contributed by atoms with Gasteiger partial charge in [0.25, 0.3) is 5.91 Å². The van der Waals surface area contributed by atoms with Crippen LogP contribution < -0.4 is 5.32 Å². The molecule has 0 aliphatic rings. The van der Waals surface area contributed by atoms with Crippen molar-refractivity contribution in [3.8, 4) is 0 Å². The number of aryl methyl sites for hydroxylation is 2. The number of carboxylic acid groups (broad SMARTS) is 1. The van der Waals surface area contributed by atoms with Crippen molar-refractivity contribution in [1.82, 2.24) is 9.88 Å². The quantitative estimate of drug-likeness (QED) is 0.459. The normalized spacial score (nSPS) is 12.7. The molecule has 0 bridgehead atoms. The molecular formula is C21H20Cl2N2O6S. The van der Waals surface area contributed by atoms with Gasteiger partial charge in [0.15, 0.2) is 15.6 Å². The van der Waals surface area contributed by atoms with Crippen LogP contribution in [0.4, 0.5) is 0 Å². The molecule has 170 valence electrons. The second-order valence-corrected chi connectivity index (χ2v) is 10.0. The van der Waals surface area contributed by atoms with Crippen molar-refractivity contribution in [2.24, 2.45) is 7.05 Å². The minimum absolute atomic E-state index is 0.165. The standard InChI is InChI=1S/C21H20Cl2N2O6S/c1-11-7-16-14(20(23)19(11)22)8-17(25(16)2)21(29)24-15(9-26)12-3-5-13(6-4-12)32(30,31)10-18(27)28/h3-8,15,26H,9-10H2,1-2H3,(H,24,29)(H,27,28). The molecule has 1 atom stereocenters. The number of hydrogen-bond donors (Lipinski definition) is 3. The van der Waals surface area contributed by atoms with Crippen LogP contribution in [0.3, 0.4) is 0 Å². The first-order valence-electron chi connectivity index (χ1n) is 9.36. The largest absolute Gasteiger partial charge is 0.480 e. The van der Waals surface area contributed by atoms with Crippen LogP contribution in [0.2, 0.25) is 10.0 Å². The van der Waals surface area contributed by atoms with Crippen LogP contribution in [0.5, 0.6) is 0 Å². The molecule has 0 aliphatic carbocycles. The lowest BCUT2D eigenvalue weighted by Crippen LogP contribution is -2.32. The Hall–Kier alpha value is -2.59. The third-order valence-electron chi connectivity index (χ3n) is 5.08. The van der Waals surface area contributed by atoms with Gasteiger partial charge in [-0.15, -0.1) is 0 Å². The molecule has 3 N–H and O–H groups in total. The van der Waals surface area contributed by atoms with Crippen molar-refractivity contribution in [3.05, 3.63) is 63.3 Å². The number of aliphatic hydroxyl groups is 1. The number of sulfone groups is 1. The molecule has 0 radical (unpaired) electrons. The number of amides is 1. The van der Waals surface area contributed by atoms with Gasteiger partial charge in [0.05, 0.1) is 33.1 Å². The van der Waals surface area contributed by atoms with Crippen molar-refractivity contribution in [2.75, 3.05) is 12.4 Å². The number of aliphatic hydroxyl groups excluding tert-OH is 1. The highest BCUT2D eigenvalue weighted by atomic mass is 35.5. The number of fused-ring (bicyclic) bond motifs is 1. The lowest BCUT2D eigenvalue weighted by atomic mass is 10.1. The van der Waals surface area contributed by atoms with E-state index in [1.54, 1.807) is 17.7 Å². The Kier molecular flexibility index (Phi) is 6.85. The summed E-state index contributed by atoms with van der Waals surface area (Å²) in [4.78, 5) is 23.5. The van der Waals surface area contributed by atoms with Crippen molar-refractivity contribution in [3.63, 3.8) is 0 Å². The number of carboxylic acids is 1. The zero-order valence-corrected chi connectivity index (χ0v) is 19.4. The molecule has 1 amide bonds. The van der Waals surface area contributed by atoms with Crippen LogP contribution in [0, 0.1) is 6.92 Å². The molecule has 0 aliphatic heterocycles. The lowest BCUT2D eigenvalue weighted by Gasteiger charge is -2.17. The number of aromatic nitrogens is 1. The first-order chi connectivity index (χ1) is 15.0. The van der Waals surface area contributed by atoms with Crippen molar-refractivity contribution < 1.29 is 28.2 Å². The monoisotopic (exact) mass is 498 g/mol. The Bertz CT molecular complexity index is 1320. The first kappa shape index (κ1) is 24.1. The van der Waals surface area contributed by atoms with Gasteiger partial charge in [0.2, 0.25) is 0 Å². The van der Waals surface area contributed by atoms with Gasteiger partial charge in [-0.25, -0.2) is 8.42 Å². The molecule has 3 rings (SSSR count). The zero-order chi connectivity index (χ0) is 23.8. The summed E-state index contributed by atoms with van der Waals surface area (Å²) in [6.07, 6.45) is 0. The average Bonchev–Trinajstić information content (AvgIpc) is 3.06. The molecule has 0 saturated heterocycles. The van der Waals surface area contributed by atoms with Gasteiger partial charge < -0.3 is 20.1 Å². The van der Waals surface area contributed by atoms with Crippen LogP contribution in [0.1, 0.15) is 27.7 Å². The van der Waals surface area contributed by atoms with Crippen LogP contribution >= 0.6 is 23.2 Å². The highest BCUT2D eigenvalue weighted by Gasteiger charge is 2.22. The number of halogens is 2. The van der Waals surface area contributed by atoms with E-state index in [9.17, 15) is 23.1 Å². The molecule has 0 fully saturated rings. The number of nitrogens with one attached hydrogen (secondary N) is 1. The van der Waals surface area contributed by atoms with E-state index < -0.39 is 40.1 Å². The van der Waals surface area contributed by atoms with Gasteiger partial charge >= 0.3 is 5.97 Å². The van der Waals surface area contributed by atoms with Crippen molar-refractivity contribution >= 4 is 55.8 Å². The number of benzene rings is 2. The molecule has 8 nitrogen and oxygen atoms in total. The number of rotatable bonds is 7. The summed E-state index contributed by atoms with van der Waals surface area (Å²) < 4.78 is 25.7. The van der Waals surface area contributed by atoms with Gasteiger partial charge in [0.1, 0.15) is 5.69 Å². The van der Waals surface area contributed by atoms with E-state index >= 15 is 0 Å². The van der Waals surface area contributed by atoms with Gasteiger partial charge in [0, 0.05) is 12.4 Å². The number of carbonyl (C=O) groups excluding carboxylic acids is 1. The molecular weight excluding hydrogens is 479 g/mol. The fraction of sp³-hybridized carbons (Fsp3) is 0.238. The molecule has 2 aromatic carbocycles. The minimum Gasteiger partial charge on any atom is -0.480 e. The Morgan fingerprint density at radius 1 is 1.12 bits per heavy atom. The minimum atomic E-state index is -3.98. The van der Waals surface area contributed by atoms with Gasteiger partial charge in [-0.05, 0) is 42.3 Å². The predicted octanol–water partition coefficient (Wildman–Crippen LogP) is 3.12. The van der Waals surface area contributed by atoms with Crippen LogP contribution in [0.15, 0.2) is 41.3 Å². The summed E-state index contributed by atoms with van der Waals surface area (Å²) in [7, 11) is -2.28. The molecule has 1 aromatic heterocycles. The second-order valence-electron chi connectivity index (χ2n) is 7.27. The zero-order valence-electron chi connectivity index (χ0n) is 17.1. The van der Waals surface area contributed by atoms with E-state index in [0.717, 1.165) is 11.1 Å². The number of carbonyl (C=O) groups is 2. The summed E-state index contributed by atoms with van der Waals surface area (Å²) in [5.41, 5.74) is 2.23. The lowest BCUT2D eigenvalue weighted by molar-refractivity contribution is -0.134. The topological polar surface area (TPSA) is 126 Å². The maximum atomic E-state index is 12.9. The van der Waals surface area contributed by atoms with Gasteiger partial charge in [-0.2, -0.15) is 0 Å². The molecule has 3 aromatic rings. The third kappa shape index (κ3) is 4.61. The Balaban J connectivity index is 1.88. The fourth-order valence-electron chi connectivity index (χ4n) is 3.37. The molecule has 0 spiro atoms. The summed E-state index contributed by atoms with van der Waals surface area (Å²) >= 11 is 12.5. The Morgan fingerprint density at radius 2 is 1.75 bits per heavy atom. The number of nitrogens with zero attached hydrogens (tertiary/aromatic N) is 1. The highest BCUT2D eigenvalue weighted by molar-refractivity contribution is 7.92. The summed E-state index contributed by atoms with van der Waals surface area (Å²) in [6.45, 7) is 1.37. The maximum absolute atomic E-state index is 12.9. The summed E-state index contributed by atoms with van der Waals surface area (Å²) in [5, 5.41) is 22.6. The maximum Gasteiger partial charge on any atom is 0.319 e. The molecule has 0 saturated carbocycles. The predicted molar refractivity (Wildman–Crippen MR) is 121 cm³/mol. The van der Waals surface area contributed by atoms with Crippen molar-refractivity contribution in [1.29, 1.82) is 0 Å². The van der Waals surface area contributed by atoms with Crippen LogP contribution in [-0.4, -0.2) is 47.4 Å². The summed E-state index contributed by atoms with van der Waals surface area (Å²) in [5.74, 6) is -2.96. The van der Waals surface area contributed by atoms with E-state index in [-0.39, 0.29) is 4.90 Å². The van der Waals surface area contributed by atoms with Gasteiger partial charge in [-0.3, -0.25) is 9.59 Å². The highest BCUT2D eigenvalue weighted by Crippen LogP contribution is 2.35. The molecule has 1 heterocycles. The molecule has 32 heavy (non-hydrogen) atoms. The Morgan fingerprint density at radius 3 is 2.31 bits per heavy atom. The van der Waals surface area contributed by atoms with E-state index in [4.69, 9.17) is 28.3 Å².